The van der Waals surface area contributed by atoms with Crippen molar-refractivity contribution in [2.45, 2.75) is 31.9 Å². The maximum Gasteiger partial charge on any atom is 0.265 e. The zero-order chi connectivity index (χ0) is 18.6. The number of hydrogen-bond acceptors (Lipinski definition) is 3. The molecule has 0 saturated heterocycles. The van der Waals surface area contributed by atoms with Gasteiger partial charge in [-0.1, -0.05) is 51.8 Å². The smallest absolute Gasteiger partial charge is 0.265 e. The van der Waals surface area contributed by atoms with E-state index in [1.165, 1.54) is 13.8 Å². The van der Waals surface area contributed by atoms with Crippen LogP contribution < -0.4 is 5.43 Å². The van der Waals surface area contributed by atoms with Crippen molar-refractivity contribution < 1.29 is 9.90 Å². The number of aliphatic hydroxyl groups is 1. The number of carbonyl (C=O) groups excluding carboxylic acids is 1. The lowest BCUT2D eigenvalue weighted by atomic mass is 9.98. The average Bonchev–Trinajstić information content (AvgIpc) is 2.53. The molecule has 2 aromatic carbocycles. The van der Waals surface area contributed by atoms with Crippen LogP contribution in [-0.2, 0) is 11.2 Å². The van der Waals surface area contributed by atoms with Crippen molar-refractivity contribution in [1.82, 2.24) is 10.4 Å². The van der Waals surface area contributed by atoms with Crippen LogP contribution in [0.5, 0.6) is 0 Å². The lowest BCUT2D eigenvalue weighted by Crippen LogP contribution is -2.50. The molecule has 0 radical (unpaired) electrons. The molecule has 0 aliphatic rings. The highest BCUT2D eigenvalue weighted by Crippen LogP contribution is 2.26. The van der Waals surface area contributed by atoms with Crippen molar-refractivity contribution >= 4 is 33.4 Å². The summed E-state index contributed by atoms with van der Waals surface area (Å²) in [5, 5.41) is 12.3. The van der Waals surface area contributed by atoms with Crippen molar-refractivity contribution in [3.63, 3.8) is 0 Å². The molecule has 1 atom stereocenters. The highest BCUT2D eigenvalue weighted by Gasteiger charge is 2.27. The molecule has 2 N–H and O–H groups in total. The number of nitrogens with zero attached hydrogens (tertiary/aromatic N) is 1. The maximum atomic E-state index is 12.1. The zero-order valence-corrected chi connectivity index (χ0v) is 16.8. The van der Waals surface area contributed by atoms with Crippen molar-refractivity contribution in [3.8, 4) is 0 Å². The quantitative estimate of drug-likeness (QED) is 0.685. The summed E-state index contributed by atoms with van der Waals surface area (Å²) in [6, 6.07) is 15.5. The molecule has 2 aromatic rings. The standard InChI is InChI=1S/C19H22BrClN2O2/c1-19(2,25)18(24)22-23(3)17(14-5-4-6-15(20)12-14)11-13-7-9-16(21)10-8-13/h4-10,12,17,25H,11H2,1-3H3,(H,22,24). The van der Waals surface area contributed by atoms with Gasteiger partial charge in [0.2, 0.25) is 0 Å². The van der Waals surface area contributed by atoms with Gasteiger partial charge in [0.15, 0.2) is 0 Å². The van der Waals surface area contributed by atoms with E-state index in [2.05, 4.69) is 21.4 Å². The van der Waals surface area contributed by atoms with Crippen LogP contribution in [0.15, 0.2) is 53.0 Å². The summed E-state index contributed by atoms with van der Waals surface area (Å²) in [5.41, 5.74) is 3.46. The molecule has 0 spiro atoms. The Labute approximate surface area is 161 Å². The van der Waals surface area contributed by atoms with Crippen molar-refractivity contribution in [3.05, 3.63) is 69.2 Å². The Bertz CT molecular complexity index is 729. The van der Waals surface area contributed by atoms with Crippen LogP contribution in [0.3, 0.4) is 0 Å². The second-order valence-electron chi connectivity index (χ2n) is 6.51. The molecule has 0 aliphatic carbocycles. The Morgan fingerprint density at radius 2 is 1.92 bits per heavy atom. The first kappa shape index (κ1) is 19.9. The fraction of sp³-hybridized carbons (Fsp3) is 0.316. The first-order valence-electron chi connectivity index (χ1n) is 7.93. The van der Waals surface area contributed by atoms with E-state index < -0.39 is 11.5 Å². The first-order chi connectivity index (χ1) is 11.7. The van der Waals surface area contributed by atoms with Crippen LogP contribution in [0.1, 0.15) is 31.0 Å². The number of nitrogens with one attached hydrogen (secondary N) is 1. The Balaban J connectivity index is 2.28. The lowest BCUT2D eigenvalue weighted by molar-refractivity contribution is -0.142. The van der Waals surface area contributed by atoms with Gasteiger partial charge < -0.3 is 5.11 Å². The van der Waals surface area contributed by atoms with Crippen LogP contribution in [0.2, 0.25) is 5.02 Å². The minimum atomic E-state index is -1.45. The van der Waals surface area contributed by atoms with Gasteiger partial charge >= 0.3 is 0 Å². The highest BCUT2D eigenvalue weighted by atomic mass is 79.9. The molecule has 0 heterocycles. The molecule has 0 bridgehead atoms. The van der Waals surface area contributed by atoms with Crippen LogP contribution in [0.4, 0.5) is 0 Å². The van der Waals surface area contributed by atoms with E-state index in [-0.39, 0.29) is 6.04 Å². The van der Waals surface area contributed by atoms with Gasteiger partial charge in [0.1, 0.15) is 5.60 Å². The topological polar surface area (TPSA) is 52.6 Å². The number of hydrogen-bond donors (Lipinski definition) is 2. The summed E-state index contributed by atoms with van der Waals surface area (Å²) in [6.07, 6.45) is 0.677. The zero-order valence-electron chi connectivity index (χ0n) is 14.5. The predicted octanol–water partition coefficient (Wildman–Crippen LogP) is 4.12. The lowest BCUT2D eigenvalue weighted by Gasteiger charge is -2.31. The van der Waals surface area contributed by atoms with Gasteiger partial charge in [0.05, 0.1) is 6.04 Å². The average molecular weight is 426 g/mol. The number of hydrazine groups is 1. The number of halogens is 2. The van der Waals surface area contributed by atoms with E-state index in [1.54, 1.807) is 12.1 Å². The molecule has 0 aliphatic heterocycles. The summed E-state index contributed by atoms with van der Waals surface area (Å²) in [6.45, 7) is 2.92. The van der Waals surface area contributed by atoms with Gasteiger partial charge in [0.25, 0.3) is 5.91 Å². The van der Waals surface area contributed by atoms with Gasteiger partial charge in [0, 0.05) is 16.5 Å². The van der Waals surface area contributed by atoms with Crippen LogP contribution in [-0.4, -0.2) is 28.7 Å². The minimum Gasteiger partial charge on any atom is -0.381 e. The molecule has 4 nitrogen and oxygen atoms in total. The van der Waals surface area contributed by atoms with Crippen LogP contribution in [0.25, 0.3) is 0 Å². The third-order valence-corrected chi connectivity index (χ3v) is 4.62. The summed E-state index contributed by atoms with van der Waals surface area (Å²) in [5.74, 6) is -0.453. The molecule has 1 amide bonds. The Morgan fingerprint density at radius 1 is 1.28 bits per heavy atom. The molecular weight excluding hydrogens is 404 g/mol. The van der Waals surface area contributed by atoms with E-state index in [0.29, 0.717) is 11.4 Å². The van der Waals surface area contributed by atoms with E-state index in [9.17, 15) is 9.90 Å². The highest BCUT2D eigenvalue weighted by molar-refractivity contribution is 9.10. The Morgan fingerprint density at radius 3 is 2.48 bits per heavy atom. The van der Waals surface area contributed by atoms with E-state index in [4.69, 9.17) is 11.6 Å². The molecule has 0 saturated carbocycles. The fourth-order valence-corrected chi connectivity index (χ4v) is 2.95. The van der Waals surface area contributed by atoms with Crippen LogP contribution >= 0.6 is 27.5 Å². The summed E-state index contributed by atoms with van der Waals surface area (Å²) in [4.78, 5) is 12.1. The van der Waals surface area contributed by atoms with E-state index in [1.807, 2.05) is 48.5 Å². The fourth-order valence-electron chi connectivity index (χ4n) is 2.41. The molecule has 25 heavy (non-hydrogen) atoms. The molecule has 134 valence electrons. The number of carbonyl (C=O) groups is 1. The predicted molar refractivity (Wildman–Crippen MR) is 104 cm³/mol. The molecule has 1 unspecified atom stereocenters. The molecule has 0 aromatic heterocycles. The second-order valence-corrected chi connectivity index (χ2v) is 7.86. The molecule has 6 heteroatoms. The number of rotatable bonds is 6. The minimum absolute atomic E-state index is 0.107. The summed E-state index contributed by atoms with van der Waals surface area (Å²) in [7, 11) is 1.80. The maximum absolute atomic E-state index is 12.1. The van der Waals surface area contributed by atoms with Crippen LogP contribution in [0, 0.1) is 0 Å². The molecule has 0 fully saturated rings. The second kappa shape index (κ2) is 8.32. The summed E-state index contributed by atoms with van der Waals surface area (Å²) >= 11 is 9.46. The largest absolute Gasteiger partial charge is 0.381 e. The van der Waals surface area contributed by atoms with Gasteiger partial charge in [-0.3, -0.25) is 10.2 Å². The van der Waals surface area contributed by atoms with Gasteiger partial charge in [-0.25, -0.2) is 5.01 Å². The number of likely N-dealkylation sites (N-methyl/N-ethyl adjacent to an activating group) is 1. The molecular formula is C19H22BrClN2O2. The van der Waals surface area contributed by atoms with Crippen molar-refractivity contribution in [2.24, 2.45) is 0 Å². The first-order valence-corrected chi connectivity index (χ1v) is 9.10. The number of amides is 1. The Hall–Kier alpha value is -1.40. The monoisotopic (exact) mass is 424 g/mol. The summed E-state index contributed by atoms with van der Waals surface area (Å²) < 4.78 is 0.966. The van der Waals surface area contributed by atoms with E-state index >= 15 is 0 Å². The normalized spacial score (nSPS) is 12.9. The SMILES string of the molecule is CN(NC(=O)C(C)(C)O)C(Cc1ccc(Cl)cc1)c1cccc(Br)c1. The van der Waals surface area contributed by atoms with Crippen molar-refractivity contribution in [1.29, 1.82) is 0 Å². The van der Waals surface area contributed by atoms with Gasteiger partial charge in [-0.15, -0.1) is 0 Å². The van der Waals surface area contributed by atoms with Gasteiger partial charge in [-0.2, -0.15) is 0 Å². The van der Waals surface area contributed by atoms with E-state index in [0.717, 1.165) is 15.6 Å². The molecule has 2 rings (SSSR count). The third kappa shape index (κ3) is 5.82. The Kier molecular flexibility index (Phi) is 6.63. The number of benzene rings is 2. The third-order valence-electron chi connectivity index (χ3n) is 3.88. The van der Waals surface area contributed by atoms with Gasteiger partial charge in [-0.05, 0) is 55.7 Å². The van der Waals surface area contributed by atoms with Crippen molar-refractivity contribution in [2.75, 3.05) is 7.05 Å².